The molecule has 1 fully saturated rings. The highest BCUT2D eigenvalue weighted by Gasteiger charge is 2.19. The predicted molar refractivity (Wildman–Crippen MR) is 73.6 cm³/mol. The van der Waals surface area contributed by atoms with E-state index in [4.69, 9.17) is 4.74 Å². The van der Waals surface area contributed by atoms with Gasteiger partial charge in [-0.2, -0.15) is 0 Å². The quantitative estimate of drug-likeness (QED) is 0.804. The average Bonchev–Trinajstić information content (AvgIpc) is 2.32. The Morgan fingerprint density at radius 3 is 2.72 bits per heavy atom. The summed E-state index contributed by atoms with van der Waals surface area (Å²) in [5, 5.41) is 0. The third-order valence-corrected chi connectivity index (χ3v) is 3.56. The molecule has 2 rings (SSSR count). The zero-order chi connectivity index (χ0) is 13.2. The van der Waals surface area contributed by atoms with Crippen LogP contribution >= 0.6 is 0 Å². The van der Waals surface area contributed by atoms with Gasteiger partial charge in [0.1, 0.15) is 0 Å². The SMILES string of the molecule is C[C@H]1COCCN1Cc1ccc(C(C)(C)C)cn1. The number of rotatable bonds is 2. The second-order valence-corrected chi connectivity index (χ2v) is 6.18. The van der Waals surface area contributed by atoms with E-state index in [1.54, 1.807) is 0 Å². The third kappa shape index (κ3) is 3.30. The number of ether oxygens (including phenoxy) is 1. The minimum absolute atomic E-state index is 0.178. The van der Waals surface area contributed by atoms with Crippen LogP contribution in [0.4, 0.5) is 0 Å². The smallest absolute Gasteiger partial charge is 0.0619 e. The van der Waals surface area contributed by atoms with E-state index >= 15 is 0 Å². The summed E-state index contributed by atoms with van der Waals surface area (Å²) in [5.41, 5.74) is 2.62. The van der Waals surface area contributed by atoms with Crippen LogP contribution in [0.25, 0.3) is 0 Å². The van der Waals surface area contributed by atoms with Crippen molar-refractivity contribution in [3.8, 4) is 0 Å². The first kappa shape index (κ1) is 13.5. The molecule has 3 nitrogen and oxygen atoms in total. The van der Waals surface area contributed by atoms with E-state index < -0.39 is 0 Å². The van der Waals surface area contributed by atoms with Crippen molar-refractivity contribution in [2.75, 3.05) is 19.8 Å². The van der Waals surface area contributed by atoms with Crippen LogP contribution < -0.4 is 0 Å². The molecule has 0 unspecified atom stereocenters. The first-order chi connectivity index (χ1) is 8.47. The number of pyridine rings is 1. The normalized spacial score (nSPS) is 22.1. The highest BCUT2D eigenvalue weighted by molar-refractivity contribution is 5.21. The molecule has 18 heavy (non-hydrogen) atoms. The second-order valence-electron chi connectivity index (χ2n) is 6.18. The molecule has 1 aliphatic heterocycles. The Morgan fingerprint density at radius 1 is 1.39 bits per heavy atom. The van der Waals surface area contributed by atoms with Gasteiger partial charge in [-0.25, -0.2) is 0 Å². The van der Waals surface area contributed by atoms with Crippen LogP contribution in [0.15, 0.2) is 18.3 Å². The molecule has 1 saturated heterocycles. The van der Waals surface area contributed by atoms with Crippen LogP contribution in [0.3, 0.4) is 0 Å². The van der Waals surface area contributed by atoms with Crippen LogP contribution in [0, 0.1) is 0 Å². The van der Waals surface area contributed by atoms with Crippen LogP contribution in [-0.4, -0.2) is 35.7 Å². The Hall–Kier alpha value is -0.930. The first-order valence-electron chi connectivity index (χ1n) is 6.74. The van der Waals surface area contributed by atoms with Crippen molar-refractivity contribution in [3.63, 3.8) is 0 Å². The summed E-state index contributed by atoms with van der Waals surface area (Å²) in [6.07, 6.45) is 2.01. The Bertz CT molecular complexity index is 380. The van der Waals surface area contributed by atoms with Gasteiger partial charge in [0, 0.05) is 25.3 Å². The lowest BCUT2D eigenvalue weighted by atomic mass is 9.88. The van der Waals surface area contributed by atoms with Crippen LogP contribution in [-0.2, 0) is 16.7 Å². The monoisotopic (exact) mass is 248 g/mol. The predicted octanol–water partition coefficient (Wildman–Crippen LogP) is 2.60. The first-order valence-corrected chi connectivity index (χ1v) is 6.74. The van der Waals surface area contributed by atoms with Crippen molar-refractivity contribution in [2.45, 2.75) is 45.7 Å². The van der Waals surface area contributed by atoms with Crippen molar-refractivity contribution >= 4 is 0 Å². The van der Waals surface area contributed by atoms with Gasteiger partial charge in [0.25, 0.3) is 0 Å². The fourth-order valence-corrected chi connectivity index (χ4v) is 2.17. The maximum Gasteiger partial charge on any atom is 0.0619 e. The summed E-state index contributed by atoms with van der Waals surface area (Å²) < 4.78 is 5.45. The Balaban J connectivity index is 2.02. The highest BCUT2D eigenvalue weighted by atomic mass is 16.5. The molecule has 0 amide bonds. The van der Waals surface area contributed by atoms with Crippen LogP contribution in [0.5, 0.6) is 0 Å². The van der Waals surface area contributed by atoms with E-state index in [1.807, 2.05) is 6.20 Å². The molecular formula is C15H24N2O. The summed E-state index contributed by atoms with van der Waals surface area (Å²) in [5.74, 6) is 0. The van der Waals surface area contributed by atoms with Crippen LogP contribution in [0.1, 0.15) is 39.0 Å². The van der Waals surface area contributed by atoms with Gasteiger partial charge in [0.15, 0.2) is 0 Å². The lowest BCUT2D eigenvalue weighted by Crippen LogP contribution is -2.43. The molecule has 1 atom stereocenters. The van der Waals surface area contributed by atoms with Gasteiger partial charge in [-0.3, -0.25) is 9.88 Å². The fourth-order valence-electron chi connectivity index (χ4n) is 2.17. The molecule has 2 heterocycles. The number of nitrogens with zero attached hydrogens (tertiary/aromatic N) is 2. The largest absolute Gasteiger partial charge is 0.379 e. The maximum absolute atomic E-state index is 5.45. The summed E-state index contributed by atoms with van der Waals surface area (Å²) in [7, 11) is 0. The zero-order valence-electron chi connectivity index (χ0n) is 11.9. The molecule has 0 N–H and O–H groups in total. The van der Waals surface area contributed by atoms with E-state index in [-0.39, 0.29) is 5.41 Å². The van der Waals surface area contributed by atoms with Gasteiger partial charge in [-0.05, 0) is 24.0 Å². The molecule has 0 spiro atoms. The van der Waals surface area contributed by atoms with E-state index in [0.29, 0.717) is 6.04 Å². The summed E-state index contributed by atoms with van der Waals surface area (Å²) >= 11 is 0. The molecule has 0 aliphatic carbocycles. The summed E-state index contributed by atoms with van der Waals surface area (Å²) in [6.45, 7) is 12.5. The van der Waals surface area contributed by atoms with E-state index in [9.17, 15) is 0 Å². The minimum atomic E-state index is 0.178. The second kappa shape index (κ2) is 5.37. The molecule has 0 bridgehead atoms. The van der Waals surface area contributed by atoms with Gasteiger partial charge in [0.2, 0.25) is 0 Å². The van der Waals surface area contributed by atoms with E-state index in [1.165, 1.54) is 5.56 Å². The molecule has 1 aromatic rings. The van der Waals surface area contributed by atoms with Crippen molar-refractivity contribution in [1.29, 1.82) is 0 Å². The van der Waals surface area contributed by atoms with Gasteiger partial charge < -0.3 is 4.74 Å². The molecule has 100 valence electrons. The molecular weight excluding hydrogens is 224 g/mol. The van der Waals surface area contributed by atoms with E-state index in [2.05, 4.69) is 49.7 Å². The standard InChI is InChI=1S/C15H24N2O/c1-12-11-18-8-7-17(12)10-14-6-5-13(9-16-14)15(2,3)4/h5-6,9,12H,7-8,10-11H2,1-4H3/t12-/m0/s1. The number of hydrogen-bond acceptors (Lipinski definition) is 3. The lowest BCUT2D eigenvalue weighted by Gasteiger charge is -2.32. The molecule has 1 aromatic heterocycles. The maximum atomic E-state index is 5.45. The molecule has 0 saturated carbocycles. The van der Waals surface area contributed by atoms with Crippen molar-refractivity contribution in [3.05, 3.63) is 29.6 Å². The highest BCUT2D eigenvalue weighted by Crippen LogP contribution is 2.21. The van der Waals surface area contributed by atoms with Gasteiger partial charge in [-0.1, -0.05) is 26.8 Å². The minimum Gasteiger partial charge on any atom is -0.379 e. The van der Waals surface area contributed by atoms with Gasteiger partial charge >= 0.3 is 0 Å². The fraction of sp³-hybridized carbons (Fsp3) is 0.667. The number of aromatic nitrogens is 1. The molecule has 3 heteroatoms. The van der Waals surface area contributed by atoms with Crippen molar-refractivity contribution < 1.29 is 4.74 Å². The van der Waals surface area contributed by atoms with E-state index in [0.717, 1.165) is 32.0 Å². The lowest BCUT2D eigenvalue weighted by molar-refractivity contribution is -0.00491. The number of hydrogen-bond donors (Lipinski definition) is 0. The van der Waals surface area contributed by atoms with Gasteiger partial charge in [-0.15, -0.1) is 0 Å². The molecule has 0 aromatic carbocycles. The summed E-state index contributed by atoms with van der Waals surface area (Å²) in [6, 6.07) is 4.85. The van der Waals surface area contributed by atoms with Crippen LogP contribution in [0.2, 0.25) is 0 Å². The summed E-state index contributed by atoms with van der Waals surface area (Å²) in [4.78, 5) is 7.02. The Kier molecular flexibility index (Phi) is 4.03. The zero-order valence-corrected chi connectivity index (χ0v) is 11.9. The molecule has 1 aliphatic rings. The van der Waals surface area contributed by atoms with Crippen molar-refractivity contribution in [2.24, 2.45) is 0 Å². The third-order valence-electron chi connectivity index (χ3n) is 3.56. The van der Waals surface area contributed by atoms with Gasteiger partial charge in [0.05, 0.1) is 18.9 Å². The Labute approximate surface area is 110 Å². The average molecular weight is 248 g/mol. The number of morpholine rings is 1. The Morgan fingerprint density at radius 2 is 2.17 bits per heavy atom. The van der Waals surface area contributed by atoms with Crippen molar-refractivity contribution in [1.82, 2.24) is 9.88 Å². The molecule has 0 radical (unpaired) electrons. The topological polar surface area (TPSA) is 25.4 Å².